The number of amides is 1. The third kappa shape index (κ3) is 3.73. The fourth-order valence-corrected chi connectivity index (χ4v) is 3.60. The van der Waals surface area contributed by atoms with Crippen LogP contribution < -0.4 is 5.32 Å². The van der Waals surface area contributed by atoms with Crippen molar-refractivity contribution in [3.63, 3.8) is 0 Å². The van der Waals surface area contributed by atoms with E-state index in [9.17, 15) is 4.79 Å². The molecular formula is C21H22N4O. The van der Waals surface area contributed by atoms with Crippen molar-refractivity contribution < 1.29 is 4.79 Å². The smallest absolute Gasteiger partial charge is 0.251 e. The second kappa shape index (κ2) is 7.62. The highest BCUT2D eigenvalue weighted by Crippen LogP contribution is 2.19. The van der Waals surface area contributed by atoms with Gasteiger partial charge in [0.25, 0.3) is 5.91 Å². The number of aromatic nitrogens is 2. The molecule has 2 aromatic heterocycles. The Morgan fingerprint density at radius 2 is 2.12 bits per heavy atom. The van der Waals surface area contributed by atoms with Gasteiger partial charge in [-0.3, -0.25) is 19.7 Å². The molecule has 132 valence electrons. The summed E-state index contributed by atoms with van der Waals surface area (Å²) in [6.07, 6.45) is 6.46. The van der Waals surface area contributed by atoms with E-state index in [0.29, 0.717) is 18.0 Å². The summed E-state index contributed by atoms with van der Waals surface area (Å²) in [5.74, 6) is 0.476. The van der Waals surface area contributed by atoms with Crippen LogP contribution in [0.5, 0.6) is 0 Å². The largest absolute Gasteiger partial charge is 0.352 e. The van der Waals surface area contributed by atoms with E-state index in [0.717, 1.165) is 42.5 Å². The first-order chi connectivity index (χ1) is 12.8. The second-order valence-corrected chi connectivity index (χ2v) is 6.82. The van der Waals surface area contributed by atoms with Crippen molar-refractivity contribution in [1.82, 2.24) is 20.2 Å². The van der Waals surface area contributed by atoms with Gasteiger partial charge in [0.15, 0.2) is 0 Å². The summed E-state index contributed by atoms with van der Waals surface area (Å²) in [5.41, 5.74) is 1.81. The van der Waals surface area contributed by atoms with E-state index in [1.54, 1.807) is 12.4 Å². The Hall–Kier alpha value is -2.79. The number of nitrogens with one attached hydrogen (secondary N) is 1. The number of nitrogens with zero attached hydrogens (tertiary/aromatic N) is 3. The molecule has 5 nitrogen and oxygen atoms in total. The number of benzene rings is 1. The molecule has 5 heteroatoms. The van der Waals surface area contributed by atoms with Crippen molar-refractivity contribution in [2.24, 2.45) is 5.92 Å². The van der Waals surface area contributed by atoms with E-state index in [4.69, 9.17) is 0 Å². The van der Waals surface area contributed by atoms with E-state index in [-0.39, 0.29) is 5.91 Å². The van der Waals surface area contributed by atoms with Gasteiger partial charge in [-0.05, 0) is 48.5 Å². The molecule has 0 saturated carbocycles. The minimum Gasteiger partial charge on any atom is -0.352 e. The standard InChI is InChI=1S/C21H22N4O/c26-21(20-6-3-4-17-13-22-10-7-19(17)20)24-12-16-8-11-25(14-16)15-18-5-1-2-9-23-18/h1-7,9-10,13,16H,8,11-12,14-15H2,(H,24,26)/t16-/m0/s1. The van der Waals surface area contributed by atoms with E-state index >= 15 is 0 Å². The zero-order valence-corrected chi connectivity index (χ0v) is 14.6. The molecule has 1 aliphatic heterocycles. The molecule has 0 radical (unpaired) electrons. The number of rotatable bonds is 5. The monoisotopic (exact) mass is 346 g/mol. The summed E-state index contributed by atoms with van der Waals surface area (Å²) in [5, 5.41) is 5.05. The van der Waals surface area contributed by atoms with Crippen LogP contribution in [0.15, 0.2) is 61.1 Å². The van der Waals surface area contributed by atoms with E-state index in [1.165, 1.54) is 0 Å². The summed E-state index contributed by atoms with van der Waals surface area (Å²) >= 11 is 0. The fourth-order valence-electron chi connectivity index (χ4n) is 3.60. The minimum absolute atomic E-state index is 0.00928. The van der Waals surface area contributed by atoms with Gasteiger partial charge in [-0.25, -0.2) is 0 Å². The molecule has 4 rings (SSSR count). The SMILES string of the molecule is O=C(NC[C@@H]1CCN(Cc2ccccn2)C1)c1cccc2cnccc12. The molecule has 1 aromatic carbocycles. The van der Waals surface area contributed by atoms with Crippen LogP contribution in [0.1, 0.15) is 22.5 Å². The van der Waals surface area contributed by atoms with Crippen LogP contribution >= 0.6 is 0 Å². The van der Waals surface area contributed by atoms with Gasteiger partial charge in [0.2, 0.25) is 0 Å². The van der Waals surface area contributed by atoms with Crippen LogP contribution in [0.25, 0.3) is 10.8 Å². The highest BCUT2D eigenvalue weighted by Gasteiger charge is 2.23. The number of hydrogen-bond acceptors (Lipinski definition) is 4. The summed E-state index contributed by atoms with van der Waals surface area (Å²) < 4.78 is 0. The molecule has 0 aliphatic carbocycles. The Kier molecular flexibility index (Phi) is 4.88. The number of fused-ring (bicyclic) bond motifs is 1. The van der Waals surface area contributed by atoms with Crippen molar-refractivity contribution in [3.8, 4) is 0 Å². The summed E-state index contributed by atoms with van der Waals surface area (Å²) in [6.45, 7) is 3.63. The van der Waals surface area contributed by atoms with Gasteiger partial charge in [0.1, 0.15) is 0 Å². The Balaban J connectivity index is 1.33. The molecule has 26 heavy (non-hydrogen) atoms. The first-order valence-corrected chi connectivity index (χ1v) is 9.03. The van der Waals surface area contributed by atoms with Crippen molar-refractivity contribution in [2.75, 3.05) is 19.6 Å². The van der Waals surface area contributed by atoms with Gasteiger partial charge in [0.05, 0.1) is 5.69 Å². The van der Waals surface area contributed by atoms with Gasteiger partial charge < -0.3 is 5.32 Å². The predicted octanol–water partition coefficient (Wildman–Crippen LogP) is 2.88. The van der Waals surface area contributed by atoms with Gasteiger partial charge in [-0.1, -0.05) is 18.2 Å². The topological polar surface area (TPSA) is 58.1 Å². The lowest BCUT2D eigenvalue weighted by atomic mass is 10.1. The van der Waals surface area contributed by atoms with E-state index < -0.39 is 0 Å². The van der Waals surface area contributed by atoms with Crippen LogP contribution in [0, 0.1) is 5.92 Å². The van der Waals surface area contributed by atoms with Crippen LogP contribution in [0.3, 0.4) is 0 Å². The molecule has 1 saturated heterocycles. The van der Waals surface area contributed by atoms with Crippen LogP contribution in [-0.4, -0.2) is 40.4 Å². The second-order valence-electron chi connectivity index (χ2n) is 6.82. The van der Waals surface area contributed by atoms with Crippen LogP contribution in [0.4, 0.5) is 0 Å². The van der Waals surface area contributed by atoms with E-state index in [1.807, 2.05) is 42.6 Å². The predicted molar refractivity (Wildman–Crippen MR) is 102 cm³/mol. The van der Waals surface area contributed by atoms with Crippen molar-refractivity contribution in [3.05, 3.63) is 72.3 Å². The molecule has 1 fully saturated rings. The molecular weight excluding hydrogens is 324 g/mol. The lowest BCUT2D eigenvalue weighted by Gasteiger charge is -2.16. The Bertz CT molecular complexity index is 891. The fraction of sp³-hybridized carbons (Fsp3) is 0.286. The van der Waals surface area contributed by atoms with Gasteiger partial charge in [-0.15, -0.1) is 0 Å². The first kappa shape index (κ1) is 16.7. The normalized spacial score (nSPS) is 17.5. The lowest BCUT2D eigenvalue weighted by Crippen LogP contribution is -2.31. The maximum Gasteiger partial charge on any atom is 0.251 e. The number of carbonyl (C=O) groups excluding carboxylic acids is 1. The number of carbonyl (C=O) groups is 1. The molecule has 0 spiro atoms. The Morgan fingerprint density at radius 3 is 3.00 bits per heavy atom. The van der Waals surface area contributed by atoms with Crippen LogP contribution in [-0.2, 0) is 6.54 Å². The minimum atomic E-state index is -0.00928. The number of hydrogen-bond donors (Lipinski definition) is 1. The van der Waals surface area contributed by atoms with Gasteiger partial charge in [0, 0.05) is 49.2 Å². The average Bonchev–Trinajstić information content (AvgIpc) is 3.14. The van der Waals surface area contributed by atoms with Crippen LogP contribution in [0.2, 0.25) is 0 Å². The molecule has 0 unspecified atom stereocenters. The first-order valence-electron chi connectivity index (χ1n) is 9.03. The zero-order chi connectivity index (χ0) is 17.8. The summed E-state index contributed by atoms with van der Waals surface area (Å²) in [6, 6.07) is 13.7. The van der Waals surface area contributed by atoms with E-state index in [2.05, 4.69) is 26.3 Å². The highest BCUT2D eigenvalue weighted by atomic mass is 16.1. The quantitative estimate of drug-likeness (QED) is 0.772. The number of likely N-dealkylation sites (tertiary alicyclic amines) is 1. The molecule has 3 aromatic rings. The van der Waals surface area contributed by atoms with Crippen molar-refractivity contribution in [1.29, 1.82) is 0 Å². The Morgan fingerprint density at radius 1 is 1.15 bits per heavy atom. The van der Waals surface area contributed by atoms with Gasteiger partial charge >= 0.3 is 0 Å². The highest BCUT2D eigenvalue weighted by molar-refractivity contribution is 6.06. The lowest BCUT2D eigenvalue weighted by molar-refractivity contribution is 0.0949. The summed E-state index contributed by atoms with van der Waals surface area (Å²) in [4.78, 5) is 23.6. The molecule has 3 heterocycles. The van der Waals surface area contributed by atoms with Crippen molar-refractivity contribution in [2.45, 2.75) is 13.0 Å². The molecule has 1 N–H and O–H groups in total. The number of pyridine rings is 2. The molecule has 1 aliphatic rings. The summed E-state index contributed by atoms with van der Waals surface area (Å²) in [7, 11) is 0. The zero-order valence-electron chi connectivity index (χ0n) is 14.6. The third-order valence-electron chi connectivity index (χ3n) is 4.96. The maximum absolute atomic E-state index is 12.6. The molecule has 1 amide bonds. The average molecular weight is 346 g/mol. The van der Waals surface area contributed by atoms with Crippen molar-refractivity contribution >= 4 is 16.7 Å². The Labute approximate surface area is 153 Å². The third-order valence-corrected chi connectivity index (χ3v) is 4.96. The molecule has 0 bridgehead atoms. The molecule has 1 atom stereocenters. The maximum atomic E-state index is 12.6. The van der Waals surface area contributed by atoms with Gasteiger partial charge in [-0.2, -0.15) is 0 Å².